The second-order valence-electron chi connectivity index (χ2n) is 13.4. The number of benzene rings is 1. The third-order valence-electron chi connectivity index (χ3n) is 10.7. The van der Waals surface area contributed by atoms with Crippen LogP contribution in [0.2, 0.25) is 0 Å². The predicted octanol–water partition coefficient (Wildman–Crippen LogP) is 5.30. The second kappa shape index (κ2) is 9.76. The molecule has 224 valence electrons. The SMILES string of the molecule is CN1C(=O)C2(CCN(CC3(CC#N)CCCCC3)C2)c2c1cnc1[nH]c(-c3cnn(C)c3)c(-c3ccc4c(cnn4C)c3)c21. The third-order valence-corrected chi connectivity index (χ3v) is 10.7. The van der Waals surface area contributed by atoms with Crippen molar-refractivity contribution in [2.24, 2.45) is 19.5 Å². The summed E-state index contributed by atoms with van der Waals surface area (Å²) in [7, 11) is 5.77. The topological polar surface area (TPSA) is 112 Å². The molecule has 10 heteroatoms. The van der Waals surface area contributed by atoms with Crippen LogP contribution in [0, 0.1) is 16.7 Å². The van der Waals surface area contributed by atoms with Gasteiger partial charge in [0.05, 0.1) is 47.0 Å². The number of hydrogen-bond acceptors (Lipinski definition) is 6. The molecule has 3 aliphatic rings. The Hall–Kier alpha value is -4.49. The van der Waals surface area contributed by atoms with E-state index in [0.717, 1.165) is 87.9 Å². The first-order valence-electron chi connectivity index (χ1n) is 15.7. The van der Waals surface area contributed by atoms with Gasteiger partial charge < -0.3 is 14.8 Å². The number of rotatable bonds is 5. The van der Waals surface area contributed by atoms with E-state index in [2.05, 4.69) is 44.3 Å². The van der Waals surface area contributed by atoms with Crippen molar-refractivity contribution in [1.82, 2.24) is 34.4 Å². The lowest BCUT2D eigenvalue weighted by Crippen LogP contribution is -2.43. The summed E-state index contributed by atoms with van der Waals surface area (Å²) < 4.78 is 3.69. The van der Waals surface area contributed by atoms with E-state index in [0.29, 0.717) is 13.0 Å². The Kier molecular flexibility index (Phi) is 6.01. The maximum Gasteiger partial charge on any atom is 0.238 e. The lowest BCUT2D eigenvalue weighted by Gasteiger charge is -2.39. The van der Waals surface area contributed by atoms with Crippen LogP contribution in [-0.4, -0.2) is 67.0 Å². The van der Waals surface area contributed by atoms with Crippen LogP contribution in [0.4, 0.5) is 5.69 Å². The van der Waals surface area contributed by atoms with Gasteiger partial charge in [0.15, 0.2) is 0 Å². The van der Waals surface area contributed by atoms with E-state index in [1.54, 1.807) is 0 Å². The zero-order valence-electron chi connectivity index (χ0n) is 25.6. The number of fused-ring (bicyclic) bond motifs is 5. The van der Waals surface area contributed by atoms with Gasteiger partial charge in [-0.1, -0.05) is 25.3 Å². The summed E-state index contributed by atoms with van der Waals surface area (Å²) in [4.78, 5) is 27.2. The van der Waals surface area contributed by atoms with Gasteiger partial charge in [-0.2, -0.15) is 15.5 Å². The van der Waals surface area contributed by atoms with Gasteiger partial charge in [-0.05, 0) is 48.9 Å². The fourth-order valence-electron chi connectivity index (χ4n) is 8.53. The maximum absolute atomic E-state index is 14.4. The number of aromatic amines is 1. The molecule has 1 amide bonds. The molecular weight excluding hydrogens is 550 g/mol. The third kappa shape index (κ3) is 3.88. The summed E-state index contributed by atoms with van der Waals surface area (Å²) in [5.74, 6) is 0.139. The molecule has 44 heavy (non-hydrogen) atoms. The molecule has 1 spiro atoms. The average Bonchev–Trinajstić information content (AvgIpc) is 3.84. The number of carbonyl (C=O) groups excluding carboxylic acids is 1. The summed E-state index contributed by atoms with van der Waals surface area (Å²) >= 11 is 0. The van der Waals surface area contributed by atoms with Crippen molar-refractivity contribution < 1.29 is 4.79 Å². The van der Waals surface area contributed by atoms with Gasteiger partial charge in [0.25, 0.3) is 0 Å². The van der Waals surface area contributed by atoms with Crippen molar-refractivity contribution in [2.45, 2.75) is 50.4 Å². The zero-order valence-corrected chi connectivity index (χ0v) is 25.6. The molecule has 5 aromatic rings. The van der Waals surface area contributed by atoms with Crippen molar-refractivity contribution in [1.29, 1.82) is 5.26 Å². The van der Waals surface area contributed by atoms with Gasteiger partial charge >= 0.3 is 0 Å². The van der Waals surface area contributed by atoms with E-state index in [4.69, 9.17) is 4.98 Å². The van der Waals surface area contributed by atoms with Crippen LogP contribution in [-0.2, 0) is 24.3 Å². The quantitative estimate of drug-likeness (QED) is 0.299. The van der Waals surface area contributed by atoms with E-state index in [-0.39, 0.29) is 11.3 Å². The number of aromatic nitrogens is 6. The summed E-state index contributed by atoms with van der Waals surface area (Å²) in [6.45, 7) is 2.37. The van der Waals surface area contributed by atoms with Crippen LogP contribution >= 0.6 is 0 Å². The molecule has 0 radical (unpaired) electrons. The first-order valence-corrected chi connectivity index (χ1v) is 15.7. The first-order chi connectivity index (χ1) is 21.3. The molecule has 2 fully saturated rings. The molecule has 1 unspecified atom stereocenters. The number of nitrogens with zero attached hydrogens (tertiary/aromatic N) is 8. The molecule has 1 saturated carbocycles. The molecule has 1 N–H and O–H groups in total. The monoisotopic (exact) mass is 587 g/mol. The Labute approximate surface area is 256 Å². The Balaban J connectivity index is 1.32. The minimum absolute atomic E-state index is 0.0222. The van der Waals surface area contributed by atoms with Crippen molar-refractivity contribution >= 4 is 33.5 Å². The largest absolute Gasteiger partial charge is 0.339 e. The van der Waals surface area contributed by atoms with Crippen LogP contribution in [0.3, 0.4) is 0 Å². The number of aryl methyl sites for hydroxylation is 2. The van der Waals surface area contributed by atoms with E-state index >= 15 is 0 Å². The van der Waals surface area contributed by atoms with Gasteiger partial charge in [-0.3, -0.25) is 14.2 Å². The van der Waals surface area contributed by atoms with Crippen LogP contribution < -0.4 is 4.90 Å². The van der Waals surface area contributed by atoms with Gasteiger partial charge in [-0.15, -0.1) is 0 Å². The molecule has 1 aromatic carbocycles. The molecule has 4 aromatic heterocycles. The molecule has 0 bridgehead atoms. The fourth-order valence-corrected chi connectivity index (χ4v) is 8.53. The molecule has 10 nitrogen and oxygen atoms in total. The zero-order chi connectivity index (χ0) is 30.2. The fraction of sp³-hybridized carbons (Fsp3) is 0.441. The number of hydrogen-bond donors (Lipinski definition) is 1. The van der Waals surface area contributed by atoms with Crippen LogP contribution in [0.15, 0.2) is 43.0 Å². The predicted molar refractivity (Wildman–Crippen MR) is 170 cm³/mol. The standard InChI is InChI=1S/C34H37N9O/c1-40-19-24(17-37-40)30-27(22-7-8-25-23(15-22)16-38-42(25)3)28-29-26(18-36-31(28)39-30)41(2)32(44)34(29)12-14-43(21-34)20-33(11-13-35)9-5-4-6-10-33/h7-8,15-19H,4-6,9-12,14,20-21H2,1-3H3,(H,36,39). The minimum Gasteiger partial charge on any atom is -0.339 e. The van der Waals surface area contributed by atoms with Crippen molar-refractivity contribution in [3.05, 3.63) is 48.5 Å². The number of likely N-dealkylation sites (tertiary alicyclic amines) is 1. The first kappa shape index (κ1) is 27.1. The lowest BCUT2D eigenvalue weighted by atomic mass is 9.71. The molecule has 2 aliphatic heterocycles. The number of anilines is 1. The Morgan fingerprint density at radius 2 is 1.86 bits per heavy atom. The Morgan fingerprint density at radius 1 is 1.02 bits per heavy atom. The highest BCUT2D eigenvalue weighted by molar-refractivity contribution is 6.16. The highest BCUT2D eigenvalue weighted by Gasteiger charge is 2.55. The van der Waals surface area contributed by atoms with Crippen LogP contribution in [0.25, 0.3) is 44.3 Å². The number of pyridine rings is 1. The number of nitrogens with one attached hydrogen (secondary N) is 1. The lowest BCUT2D eigenvalue weighted by molar-refractivity contribution is -0.122. The summed E-state index contributed by atoms with van der Waals surface area (Å²) in [5.41, 5.74) is 7.15. The molecule has 8 rings (SSSR count). The summed E-state index contributed by atoms with van der Waals surface area (Å²) in [6, 6.07) is 8.95. The molecule has 1 atom stereocenters. The number of amides is 1. The maximum atomic E-state index is 14.4. The van der Waals surface area contributed by atoms with Crippen molar-refractivity contribution in [3.63, 3.8) is 0 Å². The van der Waals surface area contributed by atoms with Crippen LogP contribution in [0.1, 0.15) is 50.5 Å². The number of H-pyrrole nitrogens is 1. The van der Waals surface area contributed by atoms with E-state index in [9.17, 15) is 10.1 Å². The average molecular weight is 588 g/mol. The Morgan fingerprint density at radius 3 is 2.64 bits per heavy atom. The summed E-state index contributed by atoms with van der Waals surface area (Å²) in [6.07, 6.45) is 14.8. The highest BCUT2D eigenvalue weighted by Crippen LogP contribution is 2.53. The second-order valence-corrected chi connectivity index (χ2v) is 13.4. The minimum atomic E-state index is -0.671. The number of nitriles is 1. The van der Waals surface area contributed by atoms with E-state index in [1.807, 2.05) is 60.2 Å². The smallest absolute Gasteiger partial charge is 0.238 e. The van der Waals surface area contributed by atoms with Gasteiger partial charge in [-0.25, -0.2) is 4.98 Å². The van der Waals surface area contributed by atoms with Gasteiger partial charge in [0.1, 0.15) is 5.65 Å². The Bertz CT molecular complexity index is 1980. The van der Waals surface area contributed by atoms with Crippen LogP contribution in [0.5, 0.6) is 0 Å². The van der Waals surface area contributed by atoms with E-state index < -0.39 is 5.41 Å². The van der Waals surface area contributed by atoms with Crippen molar-refractivity contribution in [2.75, 3.05) is 31.6 Å². The molecule has 6 heterocycles. The normalized spacial score (nSPS) is 21.6. The summed E-state index contributed by atoms with van der Waals surface area (Å²) in [5, 5.41) is 20.8. The van der Waals surface area contributed by atoms with E-state index in [1.165, 1.54) is 19.3 Å². The van der Waals surface area contributed by atoms with Gasteiger partial charge in [0.2, 0.25) is 5.91 Å². The van der Waals surface area contributed by atoms with Crippen molar-refractivity contribution in [3.8, 4) is 28.5 Å². The molecule has 1 saturated heterocycles. The number of carbonyl (C=O) groups is 1. The number of likely N-dealkylation sites (N-methyl/N-ethyl adjacent to an activating group) is 1. The molecule has 1 aliphatic carbocycles. The molecular formula is C34H37N9O. The highest BCUT2D eigenvalue weighted by atomic mass is 16.2. The van der Waals surface area contributed by atoms with Gasteiger partial charge in [0, 0.05) is 74.3 Å².